The quantitative estimate of drug-likeness (QED) is 0.316. The lowest BCUT2D eigenvalue weighted by molar-refractivity contribution is -0.384. The van der Waals surface area contributed by atoms with Gasteiger partial charge in [-0.3, -0.25) is 10.1 Å². The van der Waals surface area contributed by atoms with Gasteiger partial charge in [0.2, 0.25) is 0 Å². The maximum absolute atomic E-state index is 11.6. The molecular weight excluding hydrogens is 290 g/mol. The fourth-order valence-corrected chi connectivity index (χ4v) is 1.55. The van der Waals surface area contributed by atoms with Gasteiger partial charge in [-0.2, -0.15) is 0 Å². The summed E-state index contributed by atoms with van der Waals surface area (Å²) >= 11 is 5.70. The summed E-state index contributed by atoms with van der Waals surface area (Å²) in [6.45, 7) is 1.20. The second-order valence-corrected chi connectivity index (χ2v) is 4.07. The van der Waals surface area contributed by atoms with Crippen LogP contribution in [0.1, 0.15) is 10.4 Å². The molecule has 0 aliphatic carbocycles. The number of nitrogens with zero attached hydrogens (tertiary/aromatic N) is 1. The Bertz CT molecular complexity index is 479. The monoisotopic (exact) mass is 303 g/mol. The lowest BCUT2D eigenvalue weighted by Crippen LogP contribution is -2.12. The number of esters is 1. The molecule has 1 aromatic rings. The summed E-state index contributed by atoms with van der Waals surface area (Å²) in [6, 6.07) is 3.65. The standard InChI is InChI=1S/C12H14ClNO6/c1-18-4-5-19-6-7-20-12(15)9-2-3-11(14(16)17)10(13)8-9/h2-3,8H,4-7H2,1H3. The van der Waals surface area contributed by atoms with E-state index in [0.717, 1.165) is 6.07 Å². The summed E-state index contributed by atoms with van der Waals surface area (Å²) in [7, 11) is 1.56. The van der Waals surface area contributed by atoms with Crippen molar-refractivity contribution in [3.63, 3.8) is 0 Å². The number of carbonyl (C=O) groups excluding carboxylic acids is 1. The minimum Gasteiger partial charge on any atom is -0.460 e. The van der Waals surface area contributed by atoms with Gasteiger partial charge in [-0.1, -0.05) is 11.6 Å². The van der Waals surface area contributed by atoms with E-state index in [2.05, 4.69) is 0 Å². The molecule has 0 bridgehead atoms. The van der Waals surface area contributed by atoms with Gasteiger partial charge in [-0.05, 0) is 12.1 Å². The molecule has 7 nitrogen and oxygen atoms in total. The van der Waals surface area contributed by atoms with Crippen molar-refractivity contribution in [2.75, 3.05) is 33.5 Å². The first kappa shape index (κ1) is 16.4. The van der Waals surface area contributed by atoms with Crippen LogP contribution in [0.25, 0.3) is 0 Å². The summed E-state index contributed by atoms with van der Waals surface area (Å²) < 4.78 is 14.8. The van der Waals surface area contributed by atoms with Crippen molar-refractivity contribution in [1.29, 1.82) is 0 Å². The van der Waals surface area contributed by atoms with Crippen LogP contribution in [0.15, 0.2) is 18.2 Å². The number of rotatable bonds is 8. The molecule has 1 aromatic carbocycles. The first-order valence-corrected chi connectivity index (χ1v) is 6.11. The van der Waals surface area contributed by atoms with Gasteiger partial charge in [0.25, 0.3) is 5.69 Å². The largest absolute Gasteiger partial charge is 0.460 e. The zero-order valence-corrected chi connectivity index (χ0v) is 11.6. The van der Waals surface area contributed by atoms with E-state index >= 15 is 0 Å². The minimum absolute atomic E-state index is 0.0805. The predicted octanol–water partition coefficient (Wildman–Crippen LogP) is 2.07. The summed E-state index contributed by atoms with van der Waals surface area (Å²) in [5.74, 6) is -0.614. The summed E-state index contributed by atoms with van der Waals surface area (Å²) in [4.78, 5) is 21.6. The van der Waals surface area contributed by atoms with Crippen LogP contribution in [0, 0.1) is 10.1 Å². The maximum Gasteiger partial charge on any atom is 0.338 e. The van der Waals surface area contributed by atoms with Gasteiger partial charge in [0, 0.05) is 13.2 Å². The van der Waals surface area contributed by atoms with Gasteiger partial charge < -0.3 is 14.2 Å². The highest BCUT2D eigenvalue weighted by Gasteiger charge is 2.15. The first-order chi connectivity index (χ1) is 9.56. The molecule has 0 amide bonds. The molecule has 8 heteroatoms. The molecule has 0 saturated carbocycles. The Hall–Kier alpha value is -1.70. The van der Waals surface area contributed by atoms with Gasteiger partial charge in [0.15, 0.2) is 0 Å². The maximum atomic E-state index is 11.6. The molecule has 0 heterocycles. The second-order valence-electron chi connectivity index (χ2n) is 3.66. The predicted molar refractivity (Wildman–Crippen MR) is 71.1 cm³/mol. The zero-order chi connectivity index (χ0) is 15.0. The Kier molecular flexibility index (Phi) is 6.92. The van der Waals surface area contributed by atoms with E-state index in [9.17, 15) is 14.9 Å². The lowest BCUT2D eigenvalue weighted by atomic mass is 10.2. The number of benzene rings is 1. The zero-order valence-electron chi connectivity index (χ0n) is 10.8. The van der Waals surface area contributed by atoms with Crippen LogP contribution in [-0.2, 0) is 14.2 Å². The third kappa shape index (κ3) is 5.12. The van der Waals surface area contributed by atoms with Crippen LogP contribution in [0.5, 0.6) is 0 Å². The van der Waals surface area contributed by atoms with Crippen LogP contribution in [0.3, 0.4) is 0 Å². The first-order valence-electron chi connectivity index (χ1n) is 5.74. The number of nitro benzene ring substituents is 1. The molecule has 0 aliphatic rings. The highest BCUT2D eigenvalue weighted by molar-refractivity contribution is 6.33. The van der Waals surface area contributed by atoms with Crippen molar-refractivity contribution in [1.82, 2.24) is 0 Å². The van der Waals surface area contributed by atoms with Crippen molar-refractivity contribution in [2.24, 2.45) is 0 Å². The fourth-order valence-electron chi connectivity index (χ4n) is 1.30. The van der Waals surface area contributed by atoms with E-state index in [1.165, 1.54) is 12.1 Å². The second kappa shape index (κ2) is 8.47. The Morgan fingerprint density at radius 1 is 1.30 bits per heavy atom. The molecule has 0 fully saturated rings. The Balaban J connectivity index is 2.44. The van der Waals surface area contributed by atoms with Crippen molar-refractivity contribution in [3.8, 4) is 0 Å². The van der Waals surface area contributed by atoms with Crippen molar-refractivity contribution >= 4 is 23.3 Å². The average molecular weight is 304 g/mol. The van der Waals surface area contributed by atoms with Crippen molar-refractivity contribution in [2.45, 2.75) is 0 Å². The van der Waals surface area contributed by atoms with Gasteiger partial charge in [-0.25, -0.2) is 4.79 Å². The van der Waals surface area contributed by atoms with Crippen LogP contribution in [0.2, 0.25) is 5.02 Å². The average Bonchev–Trinajstić information content (AvgIpc) is 2.41. The molecule has 0 N–H and O–H groups in total. The Labute approximate surface area is 120 Å². The van der Waals surface area contributed by atoms with Crippen molar-refractivity contribution < 1.29 is 23.9 Å². The molecule has 0 saturated heterocycles. The molecule has 20 heavy (non-hydrogen) atoms. The Morgan fingerprint density at radius 3 is 2.60 bits per heavy atom. The summed E-state index contributed by atoms with van der Waals surface area (Å²) in [6.07, 6.45) is 0. The molecule has 0 unspecified atom stereocenters. The minimum atomic E-state index is -0.624. The molecule has 0 spiro atoms. The molecule has 0 radical (unpaired) electrons. The number of halogens is 1. The highest BCUT2D eigenvalue weighted by atomic mass is 35.5. The highest BCUT2D eigenvalue weighted by Crippen LogP contribution is 2.25. The van der Waals surface area contributed by atoms with E-state index in [1.807, 2.05) is 0 Å². The number of ether oxygens (including phenoxy) is 3. The number of carbonyl (C=O) groups is 1. The number of nitro groups is 1. The topological polar surface area (TPSA) is 87.9 Å². The van der Waals surface area contributed by atoms with Crippen LogP contribution in [0.4, 0.5) is 5.69 Å². The number of hydrogen-bond donors (Lipinski definition) is 0. The van der Waals surface area contributed by atoms with Crippen LogP contribution >= 0.6 is 11.6 Å². The molecule has 1 rings (SSSR count). The Morgan fingerprint density at radius 2 is 2.00 bits per heavy atom. The molecule has 0 aromatic heterocycles. The fraction of sp³-hybridized carbons (Fsp3) is 0.417. The van der Waals surface area contributed by atoms with Gasteiger partial charge in [0.1, 0.15) is 11.6 Å². The molecular formula is C12H14ClNO6. The van der Waals surface area contributed by atoms with E-state index in [1.54, 1.807) is 7.11 Å². The normalized spacial score (nSPS) is 10.3. The molecule has 0 aliphatic heterocycles. The van der Waals surface area contributed by atoms with Gasteiger partial charge in [0.05, 0.1) is 30.3 Å². The van der Waals surface area contributed by atoms with E-state index in [4.69, 9.17) is 25.8 Å². The SMILES string of the molecule is COCCOCCOC(=O)c1ccc([N+](=O)[O-])c(Cl)c1. The molecule has 110 valence electrons. The molecule has 0 atom stereocenters. The third-order valence-corrected chi connectivity index (χ3v) is 2.58. The van der Waals surface area contributed by atoms with Gasteiger partial charge in [-0.15, -0.1) is 0 Å². The van der Waals surface area contributed by atoms with Crippen LogP contribution < -0.4 is 0 Å². The van der Waals surface area contributed by atoms with Gasteiger partial charge >= 0.3 is 5.97 Å². The summed E-state index contributed by atoms with van der Waals surface area (Å²) in [5.41, 5.74) is -0.108. The van der Waals surface area contributed by atoms with Crippen molar-refractivity contribution in [3.05, 3.63) is 38.9 Å². The summed E-state index contributed by atoms with van der Waals surface area (Å²) in [5, 5.41) is 10.5. The lowest BCUT2D eigenvalue weighted by Gasteiger charge is -2.06. The van der Waals surface area contributed by atoms with E-state index in [-0.39, 0.29) is 29.5 Å². The van der Waals surface area contributed by atoms with Crippen LogP contribution in [-0.4, -0.2) is 44.4 Å². The van der Waals surface area contributed by atoms with E-state index < -0.39 is 10.9 Å². The number of hydrogen-bond acceptors (Lipinski definition) is 6. The van der Waals surface area contributed by atoms with E-state index in [0.29, 0.717) is 13.2 Å². The third-order valence-electron chi connectivity index (χ3n) is 2.27. The number of methoxy groups -OCH3 is 1. The smallest absolute Gasteiger partial charge is 0.338 e.